The third kappa shape index (κ3) is 6.31. The molecule has 1 aliphatic rings. The highest BCUT2D eigenvalue weighted by molar-refractivity contribution is 5.87. The molecule has 0 aromatic heterocycles. The normalized spacial score (nSPS) is 23.1. The van der Waals surface area contributed by atoms with Crippen LogP contribution in [0.3, 0.4) is 0 Å². The van der Waals surface area contributed by atoms with E-state index in [9.17, 15) is 41.4 Å². The van der Waals surface area contributed by atoms with E-state index in [1.807, 2.05) is 0 Å². The lowest BCUT2D eigenvalue weighted by atomic mass is 9.72. The molecule has 3 atom stereocenters. The van der Waals surface area contributed by atoms with E-state index < -0.39 is 64.8 Å². The van der Waals surface area contributed by atoms with E-state index in [4.69, 9.17) is 14.2 Å². The fourth-order valence-corrected chi connectivity index (χ4v) is 4.54. The maximum absolute atomic E-state index is 13.2. The summed E-state index contributed by atoms with van der Waals surface area (Å²) < 4.78 is 95.9. The van der Waals surface area contributed by atoms with Gasteiger partial charge in [-0.25, -0.2) is 4.79 Å². The summed E-state index contributed by atoms with van der Waals surface area (Å²) in [5, 5.41) is 19.7. The Morgan fingerprint density at radius 1 is 0.943 bits per heavy atom. The summed E-state index contributed by atoms with van der Waals surface area (Å²) in [6.07, 6.45) is -12.8. The second-order valence-corrected chi connectivity index (χ2v) is 10.9. The van der Waals surface area contributed by atoms with Gasteiger partial charge in [0.1, 0.15) is 6.10 Å². The quantitative estimate of drug-likeness (QED) is 0.232. The molecule has 0 aromatic carbocycles. The minimum Gasteiger partial charge on any atom is -0.459 e. The summed E-state index contributed by atoms with van der Waals surface area (Å²) in [4.78, 5) is 12.0. The summed E-state index contributed by atoms with van der Waals surface area (Å²) in [5.41, 5.74) is -10.6. The van der Waals surface area contributed by atoms with Crippen molar-refractivity contribution in [2.45, 2.75) is 103 Å². The smallest absolute Gasteiger partial charge is 0.428 e. The predicted molar refractivity (Wildman–Crippen MR) is 114 cm³/mol. The van der Waals surface area contributed by atoms with Crippen LogP contribution in [0.2, 0.25) is 0 Å². The van der Waals surface area contributed by atoms with Gasteiger partial charge in [-0.2, -0.15) is 26.3 Å². The molecule has 12 heteroatoms. The van der Waals surface area contributed by atoms with Crippen LogP contribution in [0, 0.1) is 11.3 Å². The van der Waals surface area contributed by atoms with Crippen molar-refractivity contribution < 1.29 is 55.6 Å². The van der Waals surface area contributed by atoms with Gasteiger partial charge in [0.25, 0.3) is 5.60 Å². The fraction of sp³-hybridized carbons (Fsp3) is 0.870. The molecule has 1 fully saturated rings. The van der Waals surface area contributed by atoms with Crippen LogP contribution in [0.15, 0.2) is 12.2 Å². The van der Waals surface area contributed by atoms with Crippen LogP contribution < -0.4 is 0 Å². The Labute approximate surface area is 201 Å². The highest BCUT2D eigenvalue weighted by Crippen LogP contribution is 2.69. The van der Waals surface area contributed by atoms with E-state index in [0.717, 1.165) is 0 Å². The van der Waals surface area contributed by atoms with Crippen LogP contribution in [0.5, 0.6) is 0 Å². The highest BCUT2D eigenvalue weighted by atomic mass is 19.4. The Balaban J connectivity index is 3.40. The number of esters is 1. The zero-order chi connectivity index (χ0) is 28.1. The number of ether oxygens (including phenoxy) is 3. The Morgan fingerprint density at radius 3 is 1.69 bits per heavy atom. The number of carbonyl (C=O) groups is 1. The molecule has 0 spiro atoms. The largest absolute Gasteiger partial charge is 0.459 e. The van der Waals surface area contributed by atoms with Gasteiger partial charge in [0.2, 0.25) is 0 Å². The topological polar surface area (TPSA) is 85.2 Å². The molecule has 6 nitrogen and oxygen atoms in total. The van der Waals surface area contributed by atoms with Gasteiger partial charge in [0.15, 0.2) is 0 Å². The molecule has 0 amide bonds. The zero-order valence-electron chi connectivity index (χ0n) is 21.3. The molecule has 1 aliphatic carbocycles. The number of aliphatic hydroxyl groups is 2. The standard InChI is InChI=1S/C23H36F6O6/c1-13(2)16(30)35-14(3)15-10-20(15,18(6,7)33-11-17(4,5)31)19(8,9)34-12-21(32,22(24,25)26)23(27,28)29/h14-15,31-32H,1,10-12H2,2-9H3. The first-order valence-corrected chi connectivity index (χ1v) is 11.0. The molecular formula is C23H36F6O6. The molecule has 1 rings (SSSR count). The first kappa shape index (κ1) is 31.7. The second-order valence-electron chi connectivity index (χ2n) is 10.9. The Kier molecular flexibility index (Phi) is 8.59. The Morgan fingerprint density at radius 2 is 1.34 bits per heavy atom. The number of carbonyl (C=O) groups excluding carboxylic acids is 1. The molecule has 3 unspecified atom stereocenters. The van der Waals surface area contributed by atoms with Gasteiger partial charge >= 0.3 is 18.3 Å². The van der Waals surface area contributed by atoms with Gasteiger partial charge in [-0.15, -0.1) is 0 Å². The molecule has 0 radical (unpaired) electrons. The monoisotopic (exact) mass is 522 g/mol. The molecule has 0 bridgehead atoms. The number of hydrogen-bond donors (Lipinski definition) is 2. The first-order chi connectivity index (χ1) is 15.3. The van der Waals surface area contributed by atoms with Gasteiger partial charge < -0.3 is 24.4 Å². The van der Waals surface area contributed by atoms with Crippen LogP contribution >= 0.6 is 0 Å². The number of rotatable bonds is 11. The number of hydrogen-bond acceptors (Lipinski definition) is 6. The van der Waals surface area contributed by atoms with Crippen LogP contribution in [0.1, 0.15) is 61.8 Å². The molecule has 0 aliphatic heterocycles. The lowest BCUT2D eigenvalue weighted by Crippen LogP contribution is -2.62. The third-order valence-corrected chi connectivity index (χ3v) is 6.74. The lowest BCUT2D eigenvalue weighted by molar-refractivity contribution is -0.384. The highest BCUT2D eigenvalue weighted by Gasteiger charge is 2.75. The SMILES string of the molecule is C=C(C)C(=O)OC(C)C1CC1(C(C)(C)OCC(C)(C)O)C(C)(C)OCC(O)(C(F)(F)F)C(F)(F)F. The van der Waals surface area contributed by atoms with E-state index in [1.165, 1.54) is 41.5 Å². The third-order valence-electron chi connectivity index (χ3n) is 6.74. The van der Waals surface area contributed by atoms with Gasteiger partial charge in [-0.05, 0) is 61.8 Å². The van der Waals surface area contributed by atoms with Crippen molar-refractivity contribution in [3.8, 4) is 0 Å². The number of halogens is 6. The minimum absolute atomic E-state index is 0.108. The maximum Gasteiger partial charge on any atom is 0.428 e. The summed E-state index contributed by atoms with van der Waals surface area (Å²) in [6.45, 7) is 12.8. The van der Waals surface area contributed by atoms with Gasteiger partial charge in [-0.3, -0.25) is 0 Å². The zero-order valence-corrected chi connectivity index (χ0v) is 21.3. The lowest BCUT2D eigenvalue weighted by Gasteiger charge is -2.48. The number of alkyl halides is 6. The maximum atomic E-state index is 13.2. The van der Waals surface area contributed by atoms with Crippen LogP contribution in [0.25, 0.3) is 0 Å². The van der Waals surface area contributed by atoms with Crippen LogP contribution in [0.4, 0.5) is 26.3 Å². The van der Waals surface area contributed by atoms with E-state index in [2.05, 4.69) is 6.58 Å². The molecular weight excluding hydrogens is 486 g/mol. The van der Waals surface area contributed by atoms with Crippen LogP contribution in [-0.2, 0) is 19.0 Å². The van der Waals surface area contributed by atoms with Gasteiger partial charge in [0.05, 0.1) is 30.0 Å². The van der Waals surface area contributed by atoms with Crippen molar-refractivity contribution in [1.82, 2.24) is 0 Å². The van der Waals surface area contributed by atoms with Crippen molar-refractivity contribution >= 4 is 5.97 Å². The molecule has 0 saturated heterocycles. The second kappa shape index (κ2) is 9.50. The predicted octanol–water partition coefficient (Wildman–Crippen LogP) is 4.72. The summed E-state index contributed by atoms with van der Waals surface area (Å²) in [5.74, 6) is -1.31. The van der Waals surface area contributed by atoms with E-state index in [-0.39, 0.29) is 18.6 Å². The molecule has 35 heavy (non-hydrogen) atoms. The minimum atomic E-state index is -6.05. The van der Waals surface area contributed by atoms with Crippen molar-refractivity contribution in [2.24, 2.45) is 11.3 Å². The average molecular weight is 523 g/mol. The molecule has 0 heterocycles. The van der Waals surface area contributed by atoms with Crippen molar-refractivity contribution in [1.29, 1.82) is 0 Å². The van der Waals surface area contributed by atoms with E-state index in [1.54, 1.807) is 13.8 Å². The summed E-state index contributed by atoms with van der Waals surface area (Å²) in [7, 11) is 0. The van der Waals surface area contributed by atoms with Gasteiger partial charge in [-0.1, -0.05) is 6.58 Å². The fourth-order valence-electron chi connectivity index (χ4n) is 4.54. The van der Waals surface area contributed by atoms with E-state index >= 15 is 0 Å². The van der Waals surface area contributed by atoms with Crippen molar-refractivity contribution in [3.63, 3.8) is 0 Å². The van der Waals surface area contributed by atoms with E-state index in [0.29, 0.717) is 0 Å². The molecule has 1 saturated carbocycles. The summed E-state index contributed by atoms with van der Waals surface area (Å²) >= 11 is 0. The first-order valence-electron chi connectivity index (χ1n) is 11.0. The molecule has 0 aromatic rings. The Hall–Kier alpha value is -1.37. The molecule has 2 N–H and O–H groups in total. The molecule has 206 valence electrons. The van der Waals surface area contributed by atoms with Gasteiger partial charge in [0, 0.05) is 16.9 Å². The van der Waals surface area contributed by atoms with Crippen molar-refractivity contribution in [2.75, 3.05) is 13.2 Å². The average Bonchev–Trinajstić information content (AvgIpc) is 3.40. The van der Waals surface area contributed by atoms with Crippen molar-refractivity contribution in [3.05, 3.63) is 12.2 Å². The Bertz CT molecular complexity index is 782. The summed E-state index contributed by atoms with van der Waals surface area (Å²) in [6, 6.07) is 0. The van der Waals surface area contributed by atoms with Crippen LogP contribution in [-0.4, -0.2) is 70.3 Å².